The highest BCUT2D eigenvalue weighted by Gasteiger charge is 2.23. The van der Waals surface area contributed by atoms with Crippen LogP contribution in [0.4, 0.5) is 5.69 Å². The molecule has 0 aliphatic heterocycles. The third kappa shape index (κ3) is 2.70. The molecule has 0 heterocycles. The topological polar surface area (TPSA) is 78.9 Å². The van der Waals surface area contributed by atoms with Crippen molar-refractivity contribution in [2.45, 2.75) is 12.5 Å². The normalized spacial score (nSPS) is 21.6. The van der Waals surface area contributed by atoms with Gasteiger partial charge in [-0.15, -0.1) is 0 Å². The Morgan fingerprint density at radius 3 is 2.89 bits per heavy atom. The van der Waals surface area contributed by atoms with Gasteiger partial charge in [0.15, 0.2) is 0 Å². The summed E-state index contributed by atoms with van der Waals surface area (Å²) in [4.78, 5) is 12.0. The molecule has 2 unspecified atom stereocenters. The molecule has 0 saturated carbocycles. The van der Waals surface area contributed by atoms with Crippen molar-refractivity contribution in [3.05, 3.63) is 40.9 Å². The van der Waals surface area contributed by atoms with Crippen LogP contribution in [0.15, 0.2) is 30.4 Å². The summed E-state index contributed by atoms with van der Waals surface area (Å²) in [5.74, 6) is -0.391. The van der Waals surface area contributed by atoms with Gasteiger partial charge in [0.05, 0.1) is 28.3 Å². The van der Waals surface area contributed by atoms with Gasteiger partial charge in [0, 0.05) is 6.04 Å². The summed E-state index contributed by atoms with van der Waals surface area (Å²) in [7, 11) is 0. The van der Waals surface area contributed by atoms with E-state index < -0.39 is 0 Å². The third-order valence-corrected chi connectivity index (χ3v) is 3.14. The summed E-state index contributed by atoms with van der Waals surface area (Å²) in [6, 6.07) is 6.68. The molecule has 0 saturated heterocycles. The number of carbonyl (C=O) groups is 1. The lowest BCUT2D eigenvalue weighted by Gasteiger charge is -2.11. The lowest BCUT2D eigenvalue weighted by molar-refractivity contribution is -0.118. The van der Waals surface area contributed by atoms with E-state index in [1.165, 1.54) is 0 Å². The van der Waals surface area contributed by atoms with Gasteiger partial charge in [-0.3, -0.25) is 4.79 Å². The van der Waals surface area contributed by atoms with Crippen LogP contribution < -0.4 is 11.1 Å². The van der Waals surface area contributed by atoms with Crippen molar-refractivity contribution in [3.8, 4) is 6.07 Å². The van der Waals surface area contributed by atoms with Gasteiger partial charge >= 0.3 is 0 Å². The number of nitrogens with zero attached hydrogens (tertiary/aromatic N) is 1. The largest absolute Gasteiger partial charge is 0.324 e. The van der Waals surface area contributed by atoms with Crippen LogP contribution in [0.3, 0.4) is 0 Å². The van der Waals surface area contributed by atoms with Crippen LogP contribution in [0, 0.1) is 17.2 Å². The maximum Gasteiger partial charge on any atom is 0.231 e. The lowest BCUT2D eigenvalue weighted by Crippen LogP contribution is -2.24. The summed E-state index contributed by atoms with van der Waals surface area (Å²) in [6.45, 7) is 0. The minimum atomic E-state index is -0.234. The molecule has 92 valence electrons. The molecule has 1 aromatic rings. The van der Waals surface area contributed by atoms with Crippen molar-refractivity contribution in [1.29, 1.82) is 5.26 Å². The molecule has 3 N–H and O–H groups in total. The van der Waals surface area contributed by atoms with Crippen molar-refractivity contribution in [3.63, 3.8) is 0 Å². The van der Waals surface area contributed by atoms with Gasteiger partial charge in [0.1, 0.15) is 0 Å². The number of nitrogens with two attached hydrogens (primary N) is 1. The van der Waals surface area contributed by atoms with Gasteiger partial charge in [0.2, 0.25) is 5.91 Å². The Morgan fingerprint density at radius 2 is 2.28 bits per heavy atom. The second kappa shape index (κ2) is 5.21. The fraction of sp³-hybridized carbons (Fsp3) is 0.231. The van der Waals surface area contributed by atoms with Gasteiger partial charge in [-0.25, -0.2) is 0 Å². The van der Waals surface area contributed by atoms with E-state index in [1.54, 1.807) is 24.3 Å². The fourth-order valence-corrected chi connectivity index (χ4v) is 2.00. The molecule has 0 bridgehead atoms. The Kier molecular flexibility index (Phi) is 3.66. The van der Waals surface area contributed by atoms with E-state index in [0.717, 1.165) is 0 Å². The maximum atomic E-state index is 12.0. The zero-order valence-corrected chi connectivity index (χ0v) is 10.3. The quantitative estimate of drug-likeness (QED) is 0.800. The number of benzene rings is 1. The molecule has 18 heavy (non-hydrogen) atoms. The Bertz CT molecular complexity index is 548. The molecule has 0 radical (unpaired) electrons. The van der Waals surface area contributed by atoms with E-state index in [2.05, 4.69) is 5.32 Å². The second-order valence-electron chi connectivity index (χ2n) is 4.19. The zero-order chi connectivity index (χ0) is 13.1. The fourth-order valence-electron chi connectivity index (χ4n) is 1.84. The molecule has 1 aliphatic rings. The smallest absolute Gasteiger partial charge is 0.231 e. The number of carbonyl (C=O) groups excluding carboxylic acids is 1. The molecule has 5 heteroatoms. The predicted molar refractivity (Wildman–Crippen MR) is 70.0 cm³/mol. The van der Waals surface area contributed by atoms with Gasteiger partial charge in [-0.1, -0.05) is 23.8 Å². The van der Waals surface area contributed by atoms with E-state index in [0.29, 0.717) is 22.7 Å². The van der Waals surface area contributed by atoms with E-state index >= 15 is 0 Å². The minimum Gasteiger partial charge on any atom is -0.324 e. The van der Waals surface area contributed by atoms with Crippen LogP contribution in [-0.2, 0) is 4.79 Å². The van der Waals surface area contributed by atoms with E-state index in [4.69, 9.17) is 22.6 Å². The highest BCUT2D eigenvalue weighted by Crippen LogP contribution is 2.25. The van der Waals surface area contributed by atoms with Gasteiger partial charge < -0.3 is 11.1 Å². The van der Waals surface area contributed by atoms with Crippen molar-refractivity contribution in [2.75, 3.05) is 5.32 Å². The van der Waals surface area contributed by atoms with Gasteiger partial charge in [-0.05, 0) is 24.6 Å². The number of amides is 1. The number of anilines is 1. The number of hydrogen-bond acceptors (Lipinski definition) is 3. The Morgan fingerprint density at radius 1 is 1.50 bits per heavy atom. The first-order chi connectivity index (χ1) is 8.60. The van der Waals surface area contributed by atoms with Crippen LogP contribution in [0.25, 0.3) is 0 Å². The van der Waals surface area contributed by atoms with Gasteiger partial charge in [-0.2, -0.15) is 5.26 Å². The average Bonchev–Trinajstić information content (AvgIpc) is 2.79. The number of nitriles is 1. The standard InChI is InChI=1S/C13H12ClN3O/c14-11-4-1-8(7-15)5-12(11)17-13(18)9-2-3-10(16)6-9/h1-5,9-10H,6,16H2,(H,17,18). The number of rotatable bonds is 2. The van der Waals surface area contributed by atoms with Crippen LogP contribution >= 0.6 is 11.6 Å². The van der Waals surface area contributed by atoms with Crippen LogP contribution in [0.2, 0.25) is 5.02 Å². The number of nitrogens with one attached hydrogen (secondary N) is 1. The number of halogens is 1. The van der Waals surface area contributed by atoms with Crippen LogP contribution in [-0.4, -0.2) is 11.9 Å². The lowest BCUT2D eigenvalue weighted by atomic mass is 10.1. The SMILES string of the molecule is N#Cc1ccc(Cl)c(NC(=O)C2C=CC(N)C2)c1. The number of hydrogen-bond donors (Lipinski definition) is 2. The van der Waals surface area contributed by atoms with Crippen molar-refractivity contribution < 1.29 is 4.79 Å². The first-order valence-corrected chi connectivity index (χ1v) is 5.92. The first-order valence-electron chi connectivity index (χ1n) is 5.54. The van der Waals surface area contributed by atoms with Crippen molar-refractivity contribution >= 4 is 23.2 Å². The summed E-state index contributed by atoms with van der Waals surface area (Å²) >= 11 is 5.97. The highest BCUT2D eigenvalue weighted by atomic mass is 35.5. The molecule has 1 aliphatic carbocycles. The summed E-state index contributed by atoms with van der Waals surface area (Å²) < 4.78 is 0. The predicted octanol–water partition coefficient (Wildman–Crippen LogP) is 2.05. The third-order valence-electron chi connectivity index (χ3n) is 2.81. The molecular weight excluding hydrogens is 250 g/mol. The van der Waals surface area contributed by atoms with E-state index in [-0.39, 0.29) is 17.9 Å². The van der Waals surface area contributed by atoms with Crippen molar-refractivity contribution in [1.82, 2.24) is 0 Å². The molecule has 1 amide bonds. The first kappa shape index (κ1) is 12.6. The van der Waals surface area contributed by atoms with E-state index in [9.17, 15) is 4.79 Å². The summed E-state index contributed by atoms with van der Waals surface area (Å²) in [5.41, 5.74) is 6.60. The molecule has 0 spiro atoms. The Balaban J connectivity index is 2.12. The molecule has 0 aromatic heterocycles. The maximum absolute atomic E-state index is 12.0. The monoisotopic (exact) mass is 261 g/mol. The molecular formula is C13H12ClN3O. The molecule has 0 fully saturated rings. The van der Waals surface area contributed by atoms with E-state index in [1.807, 2.05) is 12.1 Å². The van der Waals surface area contributed by atoms with Crippen LogP contribution in [0.5, 0.6) is 0 Å². The summed E-state index contributed by atoms with van der Waals surface area (Å²) in [6.07, 6.45) is 4.21. The molecule has 1 aromatic carbocycles. The molecule has 2 rings (SSSR count). The van der Waals surface area contributed by atoms with Crippen molar-refractivity contribution in [2.24, 2.45) is 11.7 Å². The second-order valence-corrected chi connectivity index (χ2v) is 4.59. The zero-order valence-electron chi connectivity index (χ0n) is 9.56. The summed E-state index contributed by atoms with van der Waals surface area (Å²) in [5, 5.41) is 11.9. The molecule has 2 atom stereocenters. The Hall–Kier alpha value is -1.83. The highest BCUT2D eigenvalue weighted by molar-refractivity contribution is 6.33. The average molecular weight is 262 g/mol. The molecule has 4 nitrogen and oxygen atoms in total. The van der Waals surface area contributed by atoms with Crippen LogP contribution in [0.1, 0.15) is 12.0 Å². The Labute approximate surface area is 110 Å². The van der Waals surface area contributed by atoms with Gasteiger partial charge in [0.25, 0.3) is 0 Å². The minimum absolute atomic E-state index is 0.0679.